The molecule has 1 saturated heterocycles. The average molecular weight is 333 g/mol. The number of alkyl carbamates (subject to hydrolysis) is 1. The number of carbonyl (C=O) groups excluding carboxylic acids is 2. The largest absolute Gasteiger partial charge is 0.453 e. The smallest absolute Gasteiger partial charge is 0.413 e. The van der Waals surface area contributed by atoms with Crippen molar-refractivity contribution in [3.8, 4) is 0 Å². The molecule has 1 aliphatic rings. The number of imide groups is 1. The fourth-order valence-electron chi connectivity index (χ4n) is 2.87. The second kappa shape index (κ2) is 7.06. The molecule has 1 atom stereocenters. The lowest BCUT2D eigenvalue weighted by Gasteiger charge is -2.30. The van der Waals surface area contributed by atoms with Crippen LogP contribution in [0.2, 0.25) is 0 Å². The third-order valence-electron chi connectivity index (χ3n) is 3.96. The van der Waals surface area contributed by atoms with Crippen molar-refractivity contribution in [2.45, 2.75) is 18.8 Å². The maximum Gasteiger partial charge on any atom is 0.413 e. The van der Waals surface area contributed by atoms with Gasteiger partial charge in [-0.1, -0.05) is 12.1 Å². The van der Waals surface area contributed by atoms with E-state index in [1.165, 1.54) is 11.8 Å². The summed E-state index contributed by atoms with van der Waals surface area (Å²) in [6, 6.07) is 8.13. The van der Waals surface area contributed by atoms with E-state index in [0.29, 0.717) is 5.92 Å². The number of likely N-dealkylation sites (tertiary alicyclic amines) is 1. The molecular weight excluding hydrogens is 314 g/mol. The molecule has 0 unspecified atom stereocenters. The van der Waals surface area contributed by atoms with Crippen molar-refractivity contribution in [1.29, 1.82) is 0 Å². The molecule has 0 aliphatic carbocycles. The number of nitrogens with one attached hydrogen (secondary N) is 1. The number of fused-ring (bicyclic) bond motifs is 1. The number of amides is 2. The van der Waals surface area contributed by atoms with Crippen LogP contribution in [0.25, 0.3) is 10.2 Å². The predicted molar refractivity (Wildman–Crippen MR) is 88.6 cm³/mol. The van der Waals surface area contributed by atoms with Gasteiger partial charge in [-0.05, 0) is 31.5 Å². The highest BCUT2D eigenvalue weighted by Gasteiger charge is 2.25. The second-order valence-corrected chi connectivity index (χ2v) is 6.70. The minimum Gasteiger partial charge on any atom is -0.453 e. The summed E-state index contributed by atoms with van der Waals surface area (Å²) in [4.78, 5) is 29.7. The summed E-state index contributed by atoms with van der Waals surface area (Å²) in [5, 5.41) is 3.33. The number of hydrogen-bond donors (Lipinski definition) is 1. The van der Waals surface area contributed by atoms with Crippen LogP contribution >= 0.6 is 11.3 Å². The molecule has 23 heavy (non-hydrogen) atoms. The minimum absolute atomic E-state index is 0.205. The number of piperidine rings is 1. The molecule has 1 aromatic heterocycles. The van der Waals surface area contributed by atoms with Crippen LogP contribution in [0.1, 0.15) is 23.8 Å². The molecule has 1 fully saturated rings. The fourth-order valence-corrected chi connectivity index (χ4v) is 3.97. The van der Waals surface area contributed by atoms with E-state index in [0.717, 1.165) is 36.5 Å². The minimum atomic E-state index is -0.713. The highest BCUT2D eigenvalue weighted by atomic mass is 32.1. The Morgan fingerprint density at radius 3 is 3.04 bits per heavy atom. The van der Waals surface area contributed by atoms with E-state index in [1.807, 2.05) is 18.2 Å². The average Bonchev–Trinajstić information content (AvgIpc) is 2.99. The monoisotopic (exact) mass is 333 g/mol. The van der Waals surface area contributed by atoms with Crippen molar-refractivity contribution in [2.24, 2.45) is 0 Å². The molecule has 0 radical (unpaired) electrons. The Kier molecular flexibility index (Phi) is 4.88. The van der Waals surface area contributed by atoms with Gasteiger partial charge in [-0.2, -0.15) is 0 Å². The van der Waals surface area contributed by atoms with Gasteiger partial charge in [0.05, 0.1) is 28.9 Å². The molecule has 0 spiro atoms. The van der Waals surface area contributed by atoms with E-state index < -0.39 is 6.09 Å². The summed E-state index contributed by atoms with van der Waals surface area (Å²) in [5.41, 5.74) is 1.04. The SMILES string of the molecule is COC(=O)NC(=O)CN1CCC[C@@H](c2nc3ccccc3s2)C1. The van der Waals surface area contributed by atoms with Crippen LogP contribution in [-0.4, -0.2) is 48.6 Å². The Balaban J connectivity index is 1.63. The standard InChI is InChI=1S/C16H19N3O3S/c1-22-16(21)18-14(20)10-19-8-4-5-11(9-19)15-17-12-6-2-3-7-13(12)23-15/h2-3,6-7,11H,4-5,8-10H2,1H3,(H,18,20,21)/t11-/m1/s1. The zero-order chi connectivity index (χ0) is 16.2. The van der Waals surface area contributed by atoms with Crippen LogP contribution in [0.4, 0.5) is 4.79 Å². The van der Waals surface area contributed by atoms with Crippen molar-refractivity contribution < 1.29 is 14.3 Å². The number of methoxy groups -OCH3 is 1. The molecule has 0 bridgehead atoms. The first-order valence-electron chi connectivity index (χ1n) is 7.61. The van der Waals surface area contributed by atoms with Crippen molar-refractivity contribution >= 4 is 33.6 Å². The van der Waals surface area contributed by atoms with Gasteiger partial charge in [-0.3, -0.25) is 15.0 Å². The molecule has 0 saturated carbocycles. The molecule has 2 heterocycles. The highest BCUT2D eigenvalue weighted by Crippen LogP contribution is 2.32. The Hall–Kier alpha value is -1.99. The van der Waals surface area contributed by atoms with Gasteiger partial charge in [-0.15, -0.1) is 11.3 Å². The maximum atomic E-state index is 11.8. The molecule has 1 aromatic carbocycles. The number of para-hydroxylation sites is 1. The van der Waals surface area contributed by atoms with Gasteiger partial charge in [-0.25, -0.2) is 9.78 Å². The summed E-state index contributed by atoms with van der Waals surface area (Å²) in [6.45, 7) is 1.85. The van der Waals surface area contributed by atoms with E-state index in [9.17, 15) is 9.59 Å². The lowest BCUT2D eigenvalue weighted by Crippen LogP contribution is -2.43. The van der Waals surface area contributed by atoms with Gasteiger partial charge in [0.15, 0.2) is 0 Å². The number of thiazole rings is 1. The highest BCUT2D eigenvalue weighted by molar-refractivity contribution is 7.18. The van der Waals surface area contributed by atoms with Crippen molar-refractivity contribution in [2.75, 3.05) is 26.7 Å². The number of rotatable bonds is 3. The number of aromatic nitrogens is 1. The molecule has 1 aliphatic heterocycles. The summed E-state index contributed by atoms with van der Waals surface area (Å²) in [6.07, 6.45) is 1.39. The second-order valence-electron chi connectivity index (χ2n) is 5.63. The van der Waals surface area contributed by atoms with Crippen LogP contribution in [0.3, 0.4) is 0 Å². The molecular formula is C16H19N3O3S. The Morgan fingerprint density at radius 1 is 1.43 bits per heavy atom. The predicted octanol–water partition coefficient (Wildman–Crippen LogP) is 2.36. The first kappa shape index (κ1) is 15.9. The van der Waals surface area contributed by atoms with Crippen molar-refractivity contribution in [1.82, 2.24) is 15.2 Å². The molecule has 2 amide bonds. The molecule has 6 nitrogen and oxygen atoms in total. The topological polar surface area (TPSA) is 71.5 Å². The zero-order valence-electron chi connectivity index (χ0n) is 12.9. The fraction of sp³-hybridized carbons (Fsp3) is 0.438. The van der Waals surface area contributed by atoms with Crippen LogP contribution in [0, 0.1) is 0 Å². The molecule has 1 N–H and O–H groups in total. The molecule has 2 aromatic rings. The summed E-state index contributed by atoms with van der Waals surface area (Å²) in [5.74, 6) is 0.00822. The Morgan fingerprint density at radius 2 is 2.26 bits per heavy atom. The summed E-state index contributed by atoms with van der Waals surface area (Å²) >= 11 is 1.73. The van der Waals surface area contributed by atoms with Gasteiger partial charge < -0.3 is 4.74 Å². The van der Waals surface area contributed by atoms with E-state index >= 15 is 0 Å². The normalized spacial score (nSPS) is 18.7. The number of benzene rings is 1. The van der Waals surface area contributed by atoms with E-state index in [4.69, 9.17) is 4.98 Å². The Labute approximate surface area is 138 Å². The lowest BCUT2D eigenvalue weighted by atomic mass is 9.99. The maximum absolute atomic E-state index is 11.8. The number of carbonyl (C=O) groups is 2. The summed E-state index contributed by atoms with van der Waals surface area (Å²) < 4.78 is 5.63. The van der Waals surface area contributed by atoms with Crippen LogP contribution in [0.5, 0.6) is 0 Å². The van der Waals surface area contributed by atoms with Crippen LogP contribution in [0.15, 0.2) is 24.3 Å². The van der Waals surface area contributed by atoms with Gasteiger partial charge in [0, 0.05) is 12.5 Å². The van der Waals surface area contributed by atoms with E-state index in [2.05, 4.69) is 21.0 Å². The van der Waals surface area contributed by atoms with Crippen LogP contribution < -0.4 is 5.32 Å². The molecule has 122 valence electrons. The molecule has 3 rings (SSSR count). The van der Waals surface area contributed by atoms with Crippen molar-refractivity contribution in [3.63, 3.8) is 0 Å². The summed E-state index contributed by atoms with van der Waals surface area (Å²) in [7, 11) is 1.24. The number of ether oxygens (including phenoxy) is 1. The van der Waals surface area contributed by atoms with E-state index in [1.54, 1.807) is 11.3 Å². The van der Waals surface area contributed by atoms with Gasteiger partial charge >= 0.3 is 6.09 Å². The molecule has 7 heteroatoms. The first-order valence-corrected chi connectivity index (χ1v) is 8.43. The third kappa shape index (κ3) is 3.86. The quantitative estimate of drug-likeness (QED) is 0.933. The van der Waals surface area contributed by atoms with Gasteiger partial charge in [0.1, 0.15) is 0 Å². The van der Waals surface area contributed by atoms with E-state index in [-0.39, 0.29) is 12.5 Å². The first-order chi connectivity index (χ1) is 11.2. The number of hydrogen-bond acceptors (Lipinski definition) is 6. The number of nitrogens with zero attached hydrogens (tertiary/aromatic N) is 2. The van der Waals surface area contributed by atoms with Crippen molar-refractivity contribution in [3.05, 3.63) is 29.3 Å². The van der Waals surface area contributed by atoms with Gasteiger partial charge in [0.2, 0.25) is 5.91 Å². The van der Waals surface area contributed by atoms with Crippen LogP contribution in [-0.2, 0) is 9.53 Å². The zero-order valence-corrected chi connectivity index (χ0v) is 13.8. The third-order valence-corrected chi connectivity index (χ3v) is 5.16. The Bertz CT molecular complexity index is 682. The lowest BCUT2D eigenvalue weighted by molar-refractivity contribution is -0.121. The van der Waals surface area contributed by atoms with Gasteiger partial charge in [0.25, 0.3) is 0 Å².